The molecule has 0 bridgehead atoms. The number of carbonyl (C=O) groups is 1. The number of nitrogens with two attached hydrogens (primary N) is 1. The molecular formula is C14H19ClN6O3S. The van der Waals surface area contributed by atoms with Crippen molar-refractivity contribution in [2.75, 3.05) is 5.32 Å². The Morgan fingerprint density at radius 2 is 2.16 bits per heavy atom. The molecule has 1 heterocycles. The molecule has 0 saturated heterocycles. The summed E-state index contributed by atoms with van der Waals surface area (Å²) in [7, 11) is -3.90. The number of primary sulfonamides is 1. The van der Waals surface area contributed by atoms with Gasteiger partial charge in [0.25, 0.3) is 0 Å². The summed E-state index contributed by atoms with van der Waals surface area (Å²) in [4.78, 5) is 16.2. The van der Waals surface area contributed by atoms with Gasteiger partial charge in [-0.25, -0.2) is 28.0 Å². The van der Waals surface area contributed by atoms with Gasteiger partial charge in [0.15, 0.2) is 0 Å². The van der Waals surface area contributed by atoms with Crippen LogP contribution in [0.15, 0.2) is 29.4 Å². The number of sulfonamides is 1. The van der Waals surface area contributed by atoms with Crippen molar-refractivity contribution in [3.8, 4) is 0 Å². The SMILES string of the molecule is CCCn1ncnc1[C@@H](C)NC(=O)Nc1cc(S(N)(=O)=O)ccc1Cl. The average molecular weight is 387 g/mol. The van der Waals surface area contributed by atoms with Crippen LogP contribution in [0.4, 0.5) is 10.5 Å². The van der Waals surface area contributed by atoms with Gasteiger partial charge in [-0.1, -0.05) is 18.5 Å². The Balaban J connectivity index is 2.11. The third-order valence-electron chi connectivity index (χ3n) is 3.33. The molecule has 1 aromatic carbocycles. The fourth-order valence-electron chi connectivity index (χ4n) is 2.19. The highest BCUT2D eigenvalue weighted by molar-refractivity contribution is 7.89. The number of nitrogens with zero attached hydrogens (tertiary/aromatic N) is 3. The van der Waals surface area contributed by atoms with E-state index in [4.69, 9.17) is 16.7 Å². The van der Waals surface area contributed by atoms with Crippen molar-refractivity contribution in [3.05, 3.63) is 35.4 Å². The Kier molecular flexibility index (Phi) is 5.98. The number of aryl methyl sites for hydroxylation is 1. The van der Waals surface area contributed by atoms with Crippen LogP contribution in [0.5, 0.6) is 0 Å². The molecule has 0 spiro atoms. The van der Waals surface area contributed by atoms with E-state index in [0.29, 0.717) is 12.4 Å². The summed E-state index contributed by atoms with van der Waals surface area (Å²) < 4.78 is 24.5. The molecule has 9 nitrogen and oxygen atoms in total. The van der Waals surface area contributed by atoms with Gasteiger partial charge in [0.1, 0.15) is 12.2 Å². The van der Waals surface area contributed by atoms with Crippen LogP contribution in [0.3, 0.4) is 0 Å². The summed E-state index contributed by atoms with van der Waals surface area (Å²) in [5.74, 6) is 0.612. The van der Waals surface area contributed by atoms with Gasteiger partial charge in [0, 0.05) is 6.54 Å². The first-order valence-electron chi connectivity index (χ1n) is 7.50. The Morgan fingerprint density at radius 1 is 1.44 bits per heavy atom. The average Bonchev–Trinajstić information content (AvgIpc) is 2.97. The number of anilines is 1. The van der Waals surface area contributed by atoms with E-state index in [1.807, 2.05) is 6.92 Å². The highest BCUT2D eigenvalue weighted by atomic mass is 35.5. The molecule has 0 unspecified atom stereocenters. The number of hydrogen-bond acceptors (Lipinski definition) is 5. The highest BCUT2D eigenvalue weighted by Gasteiger charge is 2.17. The van der Waals surface area contributed by atoms with E-state index in [0.717, 1.165) is 6.42 Å². The van der Waals surface area contributed by atoms with Crippen molar-refractivity contribution >= 4 is 33.3 Å². The summed E-state index contributed by atoms with van der Waals surface area (Å²) in [6.07, 6.45) is 2.30. The molecule has 0 aliphatic carbocycles. The second-order valence-corrected chi connectivity index (χ2v) is 7.32. The number of hydrogen-bond donors (Lipinski definition) is 3. The Hall–Kier alpha value is -2.17. The van der Waals surface area contributed by atoms with Gasteiger partial charge in [0.05, 0.1) is 21.6 Å². The van der Waals surface area contributed by atoms with E-state index < -0.39 is 22.1 Å². The minimum atomic E-state index is -3.90. The second-order valence-electron chi connectivity index (χ2n) is 5.35. The zero-order chi connectivity index (χ0) is 18.6. The molecule has 0 aliphatic rings. The topological polar surface area (TPSA) is 132 Å². The van der Waals surface area contributed by atoms with Crippen LogP contribution in [0.2, 0.25) is 5.02 Å². The Morgan fingerprint density at radius 3 is 2.80 bits per heavy atom. The van der Waals surface area contributed by atoms with E-state index >= 15 is 0 Å². The molecule has 4 N–H and O–H groups in total. The maximum absolute atomic E-state index is 12.2. The van der Waals surface area contributed by atoms with Gasteiger partial charge in [-0.05, 0) is 31.5 Å². The third-order valence-corrected chi connectivity index (χ3v) is 4.57. The fraction of sp³-hybridized carbons (Fsp3) is 0.357. The van der Waals surface area contributed by atoms with E-state index in [1.54, 1.807) is 11.6 Å². The van der Waals surface area contributed by atoms with Crippen molar-refractivity contribution < 1.29 is 13.2 Å². The number of urea groups is 1. The molecule has 1 atom stereocenters. The molecule has 1 aromatic heterocycles. The Bertz CT molecular complexity index is 867. The van der Waals surface area contributed by atoms with Crippen LogP contribution in [0.25, 0.3) is 0 Å². The predicted molar refractivity (Wildman–Crippen MR) is 93.7 cm³/mol. The van der Waals surface area contributed by atoms with Gasteiger partial charge in [-0.3, -0.25) is 0 Å². The molecule has 0 aliphatic heterocycles. The fourth-order valence-corrected chi connectivity index (χ4v) is 2.89. The van der Waals surface area contributed by atoms with Gasteiger partial charge < -0.3 is 10.6 Å². The van der Waals surface area contributed by atoms with Crippen LogP contribution in [0, 0.1) is 0 Å². The van der Waals surface area contributed by atoms with Gasteiger partial charge >= 0.3 is 6.03 Å². The van der Waals surface area contributed by atoms with Crippen LogP contribution in [0.1, 0.15) is 32.1 Å². The maximum Gasteiger partial charge on any atom is 0.319 e. The molecule has 0 saturated carbocycles. The summed E-state index contributed by atoms with van der Waals surface area (Å²) in [5.41, 5.74) is 0.132. The number of amides is 2. The third kappa shape index (κ3) is 4.91. The number of benzene rings is 1. The predicted octanol–water partition coefficient (Wildman–Crippen LogP) is 1.87. The lowest BCUT2D eigenvalue weighted by Gasteiger charge is -2.16. The molecule has 136 valence electrons. The van der Waals surface area contributed by atoms with Crippen LogP contribution in [-0.2, 0) is 16.6 Å². The first-order chi connectivity index (χ1) is 11.7. The summed E-state index contributed by atoms with van der Waals surface area (Å²) in [6.45, 7) is 4.46. The molecular weight excluding hydrogens is 368 g/mol. The zero-order valence-electron chi connectivity index (χ0n) is 13.7. The standard InChI is InChI=1S/C14H19ClN6O3S/c1-3-6-21-13(17-8-18-21)9(2)19-14(22)20-12-7-10(25(16,23)24)4-5-11(12)15/h4-5,7-9H,3,6H2,1-2H3,(H2,16,23,24)(H2,19,20,22)/t9-/m1/s1. The van der Waals surface area contributed by atoms with E-state index in [9.17, 15) is 13.2 Å². The van der Waals surface area contributed by atoms with Gasteiger partial charge in [-0.2, -0.15) is 5.10 Å². The van der Waals surface area contributed by atoms with E-state index in [-0.39, 0.29) is 15.6 Å². The summed E-state index contributed by atoms with van der Waals surface area (Å²) in [6, 6.07) is 2.83. The molecule has 0 radical (unpaired) electrons. The molecule has 11 heteroatoms. The van der Waals surface area contributed by atoms with Gasteiger partial charge in [-0.15, -0.1) is 0 Å². The number of carbonyl (C=O) groups excluding carboxylic acids is 1. The molecule has 0 fully saturated rings. The molecule has 2 rings (SSSR count). The second kappa shape index (κ2) is 7.81. The number of rotatable bonds is 6. The first kappa shape index (κ1) is 19.2. The molecule has 25 heavy (non-hydrogen) atoms. The zero-order valence-corrected chi connectivity index (χ0v) is 15.3. The van der Waals surface area contributed by atoms with E-state index in [1.165, 1.54) is 24.5 Å². The van der Waals surface area contributed by atoms with Crippen molar-refractivity contribution in [2.45, 2.75) is 37.8 Å². The van der Waals surface area contributed by atoms with Crippen molar-refractivity contribution in [2.24, 2.45) is 5.14 Å². The summed E-state index contributed by atoms with van der Waals surface area (Å²) >= 11 is 5.99. The van der Waals surface area contributed by atoms with Crippen molar-refractivity contribution in [1.29, 1.82) is 0 Å². The monoisotopic (exact) mass is 386 g/mol. The largest absolute Gasteiger partial charge is 0.328 e. The Labute approximate surface area is 150 Å². The number of aromatic nitrogens is 3. The minimum absolute atomic E-state index is 0.132. The van der Waals surface area contributed by atoms with Crippen LogP contribution >= 0.6 is 11.6 Å². The normalized spacial score (nSPS) is 12.6. The van der Waals surface area contributed by atoms with Crippen LogP contribution in [-0.4, -0.2) is 29.2 Å². The minimum Gasteiger partial charge on any atom is -0.328 e. The lowest BCUT2D eigenvalue weighted by Crippen LogP contribution is -2.33. The molecule has 2 amide bonds. The quantitative estimate of drug-likeness (QED) is 0.697. The smallest absolute Gasteiger partial charge is 0.319 e. The lowest BCUT2D eigenvalue weighted by molar-refractivity contribution is 0.248. The summed E-state index contributed by atoms with van der Waals surface area (Å²) in [5, 5.41) is 14.6. The molecule has 2 aromatic rings. The van der Waals surface area contributed by atoms with E-state index in [2.05, 4.69) is 20.7 Å². The number of halogens is 1. The van der Waals surface area contributed by atoms with Gasteiger partial charge in [0.2, 0.25) is 10.0 Å². The number of nitrogens with one attached hydrogen (secondary N) is 2. The van der Waals surface area contributed by atoms with Crippen molar-refractivity contribution in [1.82, 2.24) is 20.1 Å². The van der Waals surface area contributed by atoms with Crippen LogP contribution < -0.4 is 15.8 Å². The lowest BCUT2D eigenvalue weighted by atomic mass is 10.3. The first-order valence-corrected chi connectivity index (χ1v) is 9.42. The van der Waals surface area contributed by atoms with Crippen molar-refractivity contribution in [3.63, 3.8) is 0 Å². The maximum atomic E-state index is 12.2. The highest BCUT2D eigenvalue weighted by Crippen LogP contribution is 2.24.